The summed E-state index contributed by atoms with van der Waals surface area (Å²) in [5, 5.41) is 0.830. The molecule has 2 N–H and O–H groups in total. The van der Waals surface area contributed by atoms with Crippen LogP contribution in [0.2, 0.25) is 0 Å². The molecule has 1 aliphatic rings. The lowest BCUT2D eigenvalue weighted by Crippen LogP contribution is -2.35. The van der Waals surface area contributed by atoms with Crippen molar-refractivity contribution in [3.05, 3.63) is 16.3 Å². The third-order valence-corrected chi connectivity index (χ3v) is 6.30. The molecule has 2 aromatic heterocycles. The van der Waals surface area contributed by atoms with Gasteiger partial charge in [0.1, 0.15) is 16.5 Å². The zero-order valence-corrected chi connectivity index (χ0v) is 14.7. The largest absolute Gasteiger partial charge is 0.383 e. The Labute approximate surface area is 138 Å². The van der Waals surface area contributed by atoms with Gasteiger partial charge in [-0.15, -0.1) is 11.3 Å². The summed E-state index contributed by atoms with van der Waals surface area (Å²) >= 11 is 3.35. The lowest BCUT2D eigenvalue weighted by Gasteiger charge is -2.22. The van der Waals surface area contributed by atoms with Crippen molar-refractivity contribution in [1.82, 2.24) is 14.9 Å². The number of carbonyl (C=O) groups excluding carboxylic acids is 1. The summed E-state index contributed by atoms with van der Waals surface area (Å²) in [7, 11) is 0. The number of anilines is 1. The van der Waals surface area contributed by atoms with E-state index in [1.807, 2.05) is 30.5 Å². The number of nitrogens with zero attached hydrogens (tertiary/aromatic N) is 3. The fraction of sp³-hybridized carbons (Fsp3) is 0.533. The van der Waals surface area contributed by atoms with E-state index in [1.54, 1.807) is 0 Å². The number of nitrogen functional groups attached to an aromatic ring is 1. The average molecular weight is 336 g/mol. The van der Waals surface area contributed by atoms with Crippen LogP contribution in [0.4, 0.5) is 5.82 Å². The third kappa shape index (κ3) is 2.79. The number of fused-ring (bicyclic) bond motifs is 1. The molecule has 1 unspecified atom stereocenters. The van der Waals surface area contributed by atoms with Gasteiger partial charge in [0, 0.05) is 18.8 Å². The van der Waals surface area contributed by atoms with Crippen molar-refractivity contribution < 1.29 is 4.79 Å². The molecule has 1 amide bonds. The maximum atomic E-state index is 12.9. The Bertz CT molecular complexity index is 728. The maximum Gasteiger partial charge on any atom is 0.264 e. The first-order valence-corrected chi connectivity index (χ1v) is 9.34. The monoisotopic (exact) mass is 336 g/mol. The van der Waals surface area contributed by atoms with E-state index in [-0.39, 0.29) is 5.91 Å². The van der Waals surface area contributed by atoms with E-state index in [1.165, 1.54) is 11.3 Å². The molecule has 3 rings (SSSR count). The van der Waals surface area contributed by atoms with Gasteiger partial charge in [-0.1, -0.05) is 6.92 Å². The number of thioether (sulfide) groups is 1. The first-order valence-electron chi connectivity index (χ1n) is 7.37. The molecule has 118 valence electrons. The van der Waals surface area contributed by atoms with Gasteiger partial charge in [-0.2, -0.15) is 11.8 Å². The molecule has 2 aromatic rings. The van der Waals surface area contributed by atoms with E-state index in [4.69, 9.17) is 5.73 Å². The highest BCUT2D eigenvalue weighted by Gasteiger charge is 2.25. The SMILES string of the molecule is Cc1nc(N)c2c(C)c(C(=O)N3CCSCC(C)C3)sc2n1. The van der Waals surface area contributed by atoms with Crippen molar-refractivity contribution in [3.8, 4) is 0 Å². The van der Waals surface area contributed by atoms with E-state index in [0.29, 0.717) is 17.6 Å². The highest BCUT2D eigenvalue weighted by atomic mass is 32.2. The zero-order valence-electron chi connectivity index (χ0n) is 13.0. The predicted octanol–water partition coefficient (Wildman–Crippen LogP) is 2.72. The molecule has 5 nitrogen and oxygen atoms in total. The standard InChI is InChI=1S/C15H20N4OS2/c1-8-6-19(4-5-21-7-8)15(20)12-9(2)11-13(16)17-10(3)18-14(11)22-12/h8H,4-7H2,1-3H3,(H2,16,17,18). The topological polar surface area (TPSA) is 72.1 Å². The minimum atomic E-state index is 0.104. The Morgan fingerprint density at radius 3 is 2.91 bits per heavy atom. The number of nitrogens with two attached hydrogens (primary N) is 1. The summed E-state index contributed by atoms with van der Waals surface area (Å²) in [4.78, 5) is 25.1. The number of aromatic nitrogens is 2. The normalized spacial score (nSPS) is 19.4. The van der Waals surface area contributed by atoms with Crippen molar-refractivity contribution >= 4 is 45.0 Å². The van der Waals surface area contributed by atoms with E-state index >= 15 is 0 Å². The van der Waals surface area contributed by atoms with Crippen LogP contribution >= 0.6 is 23.1 Å². The van der Waals surface area contributed by atoms with Gasteiger partial charge >= 0.3 is 0 Å². The molecule has 0 saturated carbocycles. The second-order valence-corrected chi connectivity index (χ2v) is 7.97. The van der Waals surface area contributed by atoms with Gasteiger partial charge < -0.3 is 10.6 Å². The second-order valence-electron chi connectivity index (χ2n) is 5.82. The van der Waals surface area contributed by atoms with Crippen molar-refractivity contribution in [3.63, 3.8) is 0 Å². The maximum absolute atomic E-state index is 12.9. The first kappa shape index (κ1) is 15.6. The molecule has 0 bridgehead atoms. The second kappa shape index (κ2) is 6.04. The van der Waals surface area contributed by atoms with Crippen molar-refractivity contribution in [1.29, 1.82) is 0 Å². The molecule has 3 heterocycles. The van der Waals surface area contributed by atoms with Crippen LogP contribution in [0.15, 0.2) is 0 Å². The number of thiophene rings is 1. The van der Waals surface area contributed by atoms with Gasteiger partial charge in [-0.05, 0) is 31.1 Å². The van der Waals surface area contributed by atoms with Gasteiger partial charge in [0.2, 0.25) is 0 Å². The van der Waals surface area contributed by atoms with Gasteiger partial charge in [0.15, 0.2) is 0 Å². The van der Waals surface area contributed by atoms with Gasteiger partial charge in [-0.25, -0.2) is 9.97 Å². The molecule has 0 spiro atoms. The van der Waals surface area contributed by atoms with Crippen molar-refractivity contribution in [2.75, 3.05) is 30.3 Å². The Balaban J connectivity index is 2.00. The molecule has 1 fully saturated rings. The fourth-order valence-corrected chi connectivity index (χ4v) is 5.02. The Kier molecular flexibility index (Phi) is 4.27. The van der Waals surface area contributed by atoms with Crippen molar-refractivity contribution in [2.45, 2.75) is 20.8 Å². The van der Waals surface area contributed by atoms with E-state index < -0.39 is 0 Å². The zero-order chi connectivity index (χ0) is 15.9. The number of aryl methyl sites for hydroxylation is 2. The summed E-state index contributed by atoms with van der Waals surface area (Å²) in [5.41, 5.74) is 6.93. The Hall–Kier alpha value is -1.34. The van der Waals surface area contributed by atoms with Gasteiger partial charge in [-0.3, -0.25) is 4.79 Å². The molecular weight excluding hydrogens is 316 g/mol. The Morgan fingerprint density at radius 2 is 2.14 bits per heavy atom. The predicted molar refractivity (Wildman–Crippen MR) is 93.7 cm³/mol. The van der Waals surface area contributed by atoms with E-state index in [9.17, 15) is 4.79 Å². The molecule has 22 heavy (non-hydrogen) atoms. The lowest BCUT2D eigenvalue weighted by molar-refractivity contribution is 0.0756. The average Bonchev–Trinajstić information content (AvgIpc) is 2.64. The Morgan fingerprint density at radius 1 is 1.36 bits per heavy atom. The molecular formula is C15H20N4OS2. The summed E-state index contributed by atoms with van der Waals surface area (Å²) in [5.74, 6) is 3.86. The number of hydrogen-bond acceptors (Lipinski definition) is 6. The minimum absolute atomic E-state index is 0.104. The van der Waals surface area contributed by atoms with E-state index in [0.717, 1.165) is 45.3 Å². The van der Waals surface area contributed by atoms with Crippen LogP contribution < -0.4 is 5.73 Å². The molecule has 7 heteroatoms. The van der Waals surface area contributed by atoms with Crippen LogP contribution in [0.1, 0.15) is 28.0 Å². The van der Waals surface area contributed by atoms with Crippen LogP contribution in [0, 0.1) is 19.8 Å². The minimum Gasteiger partial charge on any atom is -0.383 e. The number of amides is 1. The summed E-state index contributed by atoms with van der Waals surface area (Å²) in [6.45, 7) is 7.59. The van der Waals surface area contributed by atoms with Crippen LogP contribution in [-0.4, -0.2) is 45.4 Å². The van der Waals surface area contributed by atoms with Crippen LogP contribution in [0.5, 0.6) is 0 Å². The molecule has 0 aromatic carbocycles. The smallest absolute Gasteiger partial charge is 0.264 e. The quantitative estimate of drug-likeness (QED) is 0.867. The molecule has 1 atom stereocenters. The van der Waals surface area contributed by atoms with Crippen LogP contribution in [-0.2, 0) is 0 Å². The lowest BCUT2D eigenvalue weighted by atomic mass is 10.1. The number of carbonyl (C=O) groups is 1. The highest BCUT2D eigenvalue weighted by Crippen LogP contribution is 2.33. The summed E-state index contributed by atoms with van der Waals surface area (Å²) in [6.07, 6.45) is 0. The van der Waals surface area contributed by atoms with E-state index in [2.05, 4.69) is 16.9 Å². The third-order valence-electron chi connectivity index (χ3n) is 3.85. The number of hydrogen-bond donors (Lipinski definition) is 1. The molecule has 1 aliphatic heterocycles. The van der Waals surface area contributed by atoms with Gasteiger partial charge in [0.05, 0.1) is 10.3 Å². The summed E-state index contributed by atoms with van der Waals surface area (Å²) < 4.78 is 0. The number of rotatable bonds is 1. The van der Waals surface area contributed by atoms with Gasteiger partial charge in [0.25, 0.3) is 5.91 Å². The molecule has 0 radical (unpaired) electrons. The first-order chi connectivity index (χ1) is 10.5. The molecule has 0 aliphatic carbocycles. The van der Waals surface area contributed by atoms with Crippen molar-refractivity contribution in [2.24, 2.45) is 5.92 Å². The fourth-order valence-electron chi connectivity index (χ4n) is 2.79. The van der Waals surface area contributed by atoms with Crippen LogP contribution in [0.25, 0.3) is 10.2 Å². The van der Waals surface area contributed by atoms with Crippen LogP contribution in [0.3, 0.4) is 0 Å². The highest BCUT2D eigenvalue weighted by molar-refractivity contribution is 7.99. The summed E-state index contributed by atoms with van der Waals surface area (Å²) in [6, 6.07) is 0. The molecule has 1 saturated heterocycles.